The molecule has 0 aliphatic rings. The number of amides is 2. The second-order valence-electron chi connectivity index (χ2n) is 9.73. The quantitative estimate of drug-likeness (QED) is 0.307. The zero-order chi connectivity index (χ0) is 28.6. The average molecular weight is 615 g/mol. The molecule has 208 valence electrons. The highest BCUT2D eigenvalue weighted by atomic mass is 79.9. The van der Waals surface area contributed by atoms with E-state index in [-0.39, 0.29) is 24.8 Å². The van der Waals surface area contributed by atoms with Gasteiger partial charge in [0.1, 0.15) is 12.6 Å². The molecular weight excluding hydrogens is 578 g/mol. The van der Waals surface area contributed by atoms with Gasteiger partial charge >= 0.3 is 0 Å². The molecule has 9 heteroatoms. The number of likely N-dealkylation sites (N-methyl/N-ethyl adjacent to an activating group) is 1. The molecule has 2 amide bonds. The van der Waals surface area contributed by atoms with Gasteiger partial charge in [0.25, 0.3) is 0 Å². The van der Waals surface area contributed by atoms with Crippen molar-refractivity contribution >= 4 is 43.5 Å². The van der Waals surface area contributed by atoms with E-state index in [9.17, 15) is 18.0 Å². The van der Waals surface area contributed by atoms with Gasteiger partial charge in [-0.3, -0.25) is 13.9 Å². The summed E-state index contributed by atoms with van der Waals surface area (Å²) in [5.41, 5.74) is 2.99. The van der Waals surface area contributed by atoms with E-state index >= 15 is 0 Å². The Morgan fingerprint density at radius 3 is 2.18 bits per heavy atom. The first-order chi connectivity index (χ1) is 18.5. The number of hydrogen-bond donors (Lipinski definition) is 1. The van der Waals surface area contributed by atoms with Crippen LogP contribution in [0.3, 0.4) is 0 Å². The standard InChI is InChI=1S/C30H36BrN3O4S/c1-5-32-30(36)28(19-23-12-7-6-8-13-23)33(20-24-14-11-15-25(31)18-24)29(35)21-34(39(4,37)38)27-17-10-9-16-26(27)22(2)3/h6-18,22,28H,5,19-21H2,1-4H3,(H,32,36). The predicted octanol–water partition coefficient (Wildman–Crippen LogP) is 5.11. The Morgan fingerprint density at radius 2 is 1.56 bits per heavy atom. The van der Waals surface area contributed by atoms with Crippen LogP contribution in [0, 0.1) is 0 Å². The molecule has 1 atom stereocenters. The van der Waals surface area contributed by atoms with Crippen LogP contribution in [0.4, 0.5) is 5.69 Å². The molecule has 0 radical (unpaired) electrons. The number of nitrogens with one attached hydrogen (secondary N) is 1. The third-order valence-corrected chi connectivity index (χ3v) is 7.99. The van der Waals surface area contributed by atoms with Crippen molar-refractivity contribution in [1.29, 1.82) is 0 Å². The number of benzene rings is 3. The van der Waals surface area contributed by atoms with Crippen LogP contribution in [0.5, 0.6) is 0 Å². The van der Waals surface area contributed by atoms with Crippen molar-refractivity contribution in [3.63, 3.8) is 0 Å². The number of carbonyl (C=O) groups excluding carboxylic acids is 2. The molecule has 1 unspecified atom stereocenters. The van der Waals surface area contributed by atoms with E-state index < -0.39 is 28.5 Å². The number of para-hydroxylation sites is 1. The molecule has 0 fully saturated rings. The molecule has 3 aromatic rings. The van der Waals surface area contributed by atoms with Gasteiger partial charge in [0.15, 0.2) is 0 Å². The lowest BCUT2D eigenvalue weighted by Gasteiger charge is -2.34. The largest absolute Gasteiger partial charge is 0.355 e. The van der Waals surface area contributed by atoms with E-state index in [1.54, 1.807) is 12.1 Å². The minimum atomic E-state index is -3.82. The van der Waals surface area contributed by atoms with Gasteiger partial charge in [-0.1, -0.05) is 90.4 Å². The normalized spacial score (nSPS) is 12.2. The van der Waals surface area contributed by atoms with Crippen molar-refractivity contribution in [3.05, 3.63) is 100 Å². The Kier molecular flexibility index (Phi) is 10.7. The fraction of sp³-hybridized carbons (Fsp3) is 0.333. The summed E-state index contributed by atoms with van der Waals surface area (Å²) in [6.07, 6.45) is 1.38. The van der Waals surface area contributed by atoms with Crippen LogP contribution in [0.1, 0.15) is 43.4 Å². The molecule has 3 aromatic carbocycles. The molecular formula is C30H36BrN3O4S. The molecule has 0 aliphatic heterocycles. The summed E-state index contributed by atoms with van der Waals surface area (Å²) in [6.45, 7) is 5.89. The van der Waals surface area contributed by atoms with E-state index in [1.165, 1.54) is 4.90 Å². The van der Waals surface area contributed by atoms with Crippen LogP contribution in [-0.2, 0) is 32.6 Å². The molecule has 39 heavy (non-hydrogen) atoms. The van der Waals surface area contributed by atoms with Gasteiger partial charge in [0, 0.05) is 24.0 Å². The second kappa shape index (κ2) is 13.8. The smallest absolute Gasteiger partial charge is 0.244 e. The van der Waals surface area contributed by atoms with Crippen molar-refractivity contribution < 1.29 is 18.0 Å². The fourth-order valence-corrected chi connectivity index (χ4v) is 5.79. The van der Waals surface area contributed by atoms with Gasteiger partial charge in [-0.2, -0.15) is 0 Å². The van der Waals surface area contributed by atoms with Crippen LogP contribution in [0.2, 0.25) is 0 Å². The molecule has 0 heterocycles. The monoisotopic (exact) mass is 613 g/mol. The topological polar surface area (TPSA) is 86.8 Å². The summed E-state index contributed by atoms with van der Waals surface area (Å²) >= 11 is 3.48. The Balaban J connectivity index is 2.08. The van der Waals surface area contributed by atoms with Crippen LogP contribution < -0.4 is 9.62 Å². The van der Waals surface area contributed by atoms with E-state index in [4.69, 9.17) is 0 Å². The van der Waals surface area contributed by atoms with Crippen molar-refractivity contribution in [2.24, 2.45) is 0 Å². The summed E-state index contributed by atoms with van der Waals surface area (Å²) in [7, 11) is -3.82. The SMILES string of the molecule is CCNC(=O)C(Cc1ccccc1)N(Cc1cccc(Br)c1)C(=O)CN(c1ccccc1C(C)C)S(C)(=O)=O. The van der Waals surface area contributed by atoms with Crippen molar-refractivity contribution in [2.75, 3.05) is 23.7 Å². The van der Waals surface area contributed by atoms with Crippen molar-refractivity contribution in [2.45, 2.75) is 45.7 Å². The zero-order valence-electron chi connectivity index (χ0n) is 22.8. The molecule has 7 nitrogen and oxygen atoms in total. The van der Waals surface area contributed by atoms with Gasteiger partial charge in [-0.25, -0.2) is 8.42 Å². The first-order valence-electron chi connectivity index (χ1n) is 12.9. The Morgan fingerprint density at radius 1 is 0.923 bits per heavy atom. The lowest BCUT2D eigenvalue weighted by molar-refractivity contribution is -0.140. The van der Waals surface area contributed by atoms with Gasteiger partial charge in [-0.05, 0) is 47.7 Å². The molecule has 0 saturated heterocycles. The Bertz CT molecular complexity index is 1380. The molecule has 0 spiro atoms. The highest BCUT2D eigenvalue weighted by Crippen LogP contribution is 2.29. The van der Waals surface area contributed by atoms with E-state index in [1.807, 2.05) is 87.5 Å². The fourth-order valence-electron chi connectivity index (χ4n) is 4.48. The zero-order valence-corrected chi connectivity index (χ0v) is 25.2. The Hall–Kier alpha value is -3.17. The van der Waals surface area contributed by atoms with E-state index in [2.05, 4.69) is 21.2 Å². The van der Waals surface area contributed by atoms with Crippen LogP contribution in [0.25, 0.3) is 0 Å². The minimum Gasteiger partial charge on any atom is -0.355 e. The van der Waals surface area contributed by atoms with Crippen LogP contribution in [-0.4, -0.2) is 50.5 Å². The highest BCUT2D eigenvalue weighted by Gasteiger charge is 2.33. The summed E-state index contributed by atoms with van der Waals surface area (Å²) in [6, 6.07) is 23.4. The van der Waals surface area contributed by atoms with Gasteiger partial charge < -0.3 is 10.2 Å². The number of carbonyl (C=O) groups is 2. The number of anilines is 1. The maximum absolute atomic E-state index is 14.1. The lowest BCUT2D eigenvalue weighted by Crippen LogP contribution is -2.53. The number of hydrogen-bond acceptors (Lipinski definition) is 4. The summed E-state index contributed by atoms with van der Waals surface area (Å²) in [5.74, 6) is -0.719. The highest BCUT2D eigenvalue weighted by molar-refractivity contribution is 9.10. The summed E-state index contributed by atoms with van der Waals surface area (Å²) in [5, 5.41) is 2.86. The van der Waals surface area contributed by atoms with Gasteiger partial charge in [-0.15, -0.1) is 0 Å². The first-order valence-corrected chi connectivity index (χ1v) is 15.6. The maximum Gasteiger partial charge on any atom is 0.244 e. The van der Waals surface area contributed by atoms with E-state index in [0.717, 1.165) is 31.7 Å². The van der Waals surface area contributed by atoms with Crippen LogP contribution >= 0.6 is 15.9 Å². The first kappa shape index (κ1) is 30.4. The minimum absolute atomic E-state index is 0.0412. The summed E-state index contributed by atoms with van der Waals surface area (Å²) in [4.78, 5) is 29.0. The number of halogens is 1. The van der Waals surface area contributed by atoms with E-state index in [0.29, 0.717) is 12.2 Å². The lowest BCUT2D eigenvalue weighted by atomic mass is 10.0. The average Bonchev–Trinajstić information content (AvgIpc) is 2.89. The molecule has 0 bridgehead atoms. The molecule has 0 saturated carbocycles. The predicted molar refractivity (Wildman–Crippen MR) is 160 cm³/mol. The van der Waals surface area contributed by atoms with Gasteiger partial charge in [0.05, 0.1) is 11.9 Å². The number of sulfonamides is 1. The second-order valence-corrected chi connectivity index (χ2v) is 12.6. The van der Waals surface area contributed by atoms with Crippen LogP contribution in [0.15, 0.2) is 83.3 Å². The molecule has 0 aromatic heterocycles. The van der Waals surface area contributed by atoms with Gasteiger partial charge in [0.2, 0.25) is 21.8 Å². The number of rotatable bonds is 12. The maximum atomic E-state index is 14.1. The summed E-state index contributed by atoms with van der Waals surface area (Å²) < 4.78 is 28.1. The van der Waals surface area contributed by atoms with Crippen molar-refractivity contribution in [3.8, 4) is 0 Å². The third kappa shape index (κ3) is 8.41. The molecule has 0 aliphatic carbocycles. The Labute approximate surface area is 240 Å². The third-order valence-electron chi connectivity index (χ3n) is 6.37. The number of nitrogens with zero attached hydrogens (tertiary/aromatic N) is 2. The van der Waals surface area contributed by atoms with Crippen molar-refractivity contribution in [1.82, 2.24) is 10.2 Å². The molecule has 1 N–H and O–H groups in total. The molecule has 3 rings (SSSR count).